The highest BCUT2D eigenvalue weighted by atomic mass is 79.9. The Morgan fingerprint density at radius 2 is 2.05 bits per heavy atom. The van der Waals surface area contributed by atoms with Gasteiger partial charge in [-0.05, 0) is 47.0 Å². The van der Waals surface area contributed by atoms with Gasteiger partial charge in [0.15, 0.2) is 0 Å². The molecule has 2 aromatic rings. The number of halogens is 4. The molecule has 1 saturated carbocycles. The van der Waals surface area contributed by atoms with Gasteiger partial charge in [-0.2, -0.15) is 9.36 Å². The minimum absolute atomic E-state index is 0.143. The number of hydrogen-bond acceptors (Lipinski definition) is 5. The van der Waals surface area contributed by atoms with Gasteiger partial charge < -0.3 is 9.47 Å². The molecule has 4 nitrogen and oxygen atoms in total. The van der Waals surface area contributed by atoms with Gasteiger partial charge >= 0.3 is 6.36 Å². The van der Waals surface area contributed by atoms with Crippen LogP contribution < -0.4 is 9.47 Å². The van der Waals surface area contributed by atoms with Crippen molar-refractivity contribution in [2.45, 2.75) is 25.1 Å². The van der Waals surface area contributed by atoms with Crippen molar-refractivity contribution in [1.29, 1.82) is 0 Å². The molecule has 0 N–H and O–H groups in total. The molecule has 0 atom stereocenters. The molecule has 0 radical (unpaired) electrons. The van der Waals surface area contributed by atoms with Crippen molar-refractivity contribution < 1.29 is 22.6 Å². The Morgan fingerprint density at radius 3 is 2.67 bits per heavy atom. The van der Waals surface area contributed by atoms with Gasteiger partial charge in [-0.1, -0.05) is 0 Å². The molecule has 1 aliphatic rings. The fraction of sp³-hybridized carbons (Fsp3) is 0.333. The van der Waals surface area contributed by atoms with Crippen LogP contribution in [0.5, 0.6) is 16.7 Å². The minimum atomic E-state index is -4.73. The maximum absolute atomic E-state index is 12.2. The zero-order valence-electron chi connectivity index (χ0n) is 10.4. The lowest BCUT2D eigenvalue weighted by Gasteiger charge is -2.11. The molecule has 1 aromatic heterocycles. The minimum Gasteiger partial charge on any atom is -0.430 e. The Balaban J connectivity index is 1.71. The van der Waals surface area contributed by atoms with Gasteiger partial charge in [0.2, 0.25) is 0 Å². The summed E-state index contributed by atoms with van der Waals surface area (Å²) in [6, 6.07) is 3.94. The Morgan fingerprint density at radius 1 is 1.29 bits per heavy atom. The van der Waals surface area contributed by atoms with E-state index in [1.165, 1.54) is 18.2 Å². The van der Waals surface area contributed by atoms with E-state index in [1.54, 1.807) is 0 Å². The van der Waals surface area contributed by atoms with Crippen molar-refractivity contribution >= 4 is 27.5 Å². The van der Waals surface area contributed by atoms with Crippen LogP contribution in [0.1, 0.15) is 24.6 Å². The molecule has 3 rings (SSSR count). The zero-order chi connectivity index (χ0) is 15.0. The first-order valence-corrected chi connectivity index (χ1v) is 7.54. The predicted octanol–water partition coefficient (Wildman–Crippen LogP) is 4.87. The normalized spacial score (nSPS) is 15.0. The van der Waals surface area contributed by atoms with Crippen molar-refractivity contribution in [3.05, 3.63) is 28.5 Å². The second kappa shape index (κ2) is 5.45. The number of nitrogens with zero attached hydrogens (tertiary/aromatic N) is 2. The van der Waals surface area contributed by atoms with E-state index in [2.05, 4.69) is 30.0 Å². The van der Waals surface area contributed by atoms with E-state index in [0.29, 0.717) is 16.9 Å². The number of rotatable bonds is 4. The van der Waals surface area contributed by atoms with E-state index in [0.717, 1.165) is 30.2 Å². The molecule has 0 spiro atoms. The lowest BCUT2D eigenvalue weighted by molar-refractivity contribution is -0.274. The number of ether oxygens (including phenoxy) is 2. The highest BCUT2D eigenvalue weighted by Crippen LogP contribution is 2.40. The quantitative estimate of drug-likeness (QED) is 0.758. The van der Waals surface area contributed by atoms with Crippen molar-refractivity contribution in [3.8, 4) is 16.7 Å². The third-order valence-electron chi connectivity index (χ3n) is 2.70. The largest absolute Gasteiger partial charge is 0.573 e. The predicted molar refractivity (Wildman–Crippen MR) is 72.8 cm³/mol. The number of aromatic nitrogens is 2. The molecular weight excluding hydrogens is 373 g/mol. The lowest BCUT2D eigenvalue weighted by atomic mass is 10.3. The first-order chi connectivity index (χ1) is 9.90. The van der Waals surface area contributed by atoms with Gasteiger partial charge in [0.25, 0.3) is 5.19 Å². The van der Waals surface area contributed by atoms with Crippen LogP contribution in [0.4, 0.5) is 13.2 Å². The van der Waals surface area contributed by atoms with Gasteiger partial charge in [0.1, 0.15) is 17.3 Å². The van der Waals surface area contributed by atoms with Crippen molar-refractivity contribution in [2.75, 3.05) is 0 Å². The highest BCUT2D eigenvalue weighted by molar-refractivity contribution is 9.10. The number of alkyl halides is 3. The summed E-state index contributed by atoms with van der Waals surface area (Å²) in [7, 11) is 0. The van der Waals surface area contributed by atoms with E-state index in [4.69, 9.17) is 4.74 Å². The second-order valence-corrected chi connectivity index (χ2v) is 6.00. The van der Waals surface area contributed by atoms with Crippen LogP contribution in [-0.2, 0) is 0 Å². The SMILES string of the molecule is FC(F)(F)Oc1ccc(Oc2nc(C3CC3)ns2)cc1Br. The summed E-state index contributed by atoms with van der Waals surface area (Å²) in [5, 5.41) is 0.369. The van der Waals surface area contributed by atoms with Crippen LogP contribution in [0.2, 0.25) is 0 Å². The van der Waals surface area contributed by atoms with Crippen molar-refractivity contribution in [1.82, 2.24) is 9.36 Å². The molecule has 0 saturated heterocycles. The topological polar surface area (TPSA) is 44.2 Å². The summed E-state index contributed by atoms with van der Waals surface area (Å²) in [4.78, 5) is 4.24. The third-order valence-corrected chi connectivity index (χ3v) is 3.93. The molecule has 1 aromatic carbocycles. The Hall–Kier alpha value is -1.35. The van der Waals surface area contributed by atoms with Crippen LogP contribution in [-0.4, -0.2) is 15.7 Å². The molecule has 0 bridgehead atoms. The average molecular weight is 381 g/mol. The molecule has 0 amide bonds. The summed E-state index contributed by atoms with van der Waals surface area (Å²) in [6.45, 7) is 0. The summed E-state index contributed by atoms with van der Waals surface area (Å²) in [6.07, 6.45) is -2.56. The standard InChI is InChI=1S/C12H8BrF3N2O2S/c13-8-5-7(3-4-9(8)20-12(14,15)16)19-11-17-10(18-21-11)6-1-2-6/h3-6H,1-2H2. The first-order valence-electron chi connectivity index (χ1n) is 5.97. The monoisotopic (exact) mass is 380 g/mol. The fourth-order valence-electron chi connectivity index (χ4n) is 1.62. The van der Waals surface area contributed by atoms with E-state index < -0.39 is 6.36 Å². The molecule has 0 aliphatic heterocycles. The summed E-state index contributed by atoms with van der Waals surface area (Å²) < 4.78 is 50.1. The second-order valence-electron chi connectivity index (χ2n) is 4.43. The van der Waals surface area contributed by atoms with Crippen LogP contribution in [0.3, 0.4) is 0 Å². The van der Waals surface area contributed by atoms with Crippen molar-refractivity contribution in [3.63, 3.8) is 0 Å². The highest BCUT2D eigenvalue weighted by Gasteiger charge is 2.32. The van der Waals surface area contributed by atoms with E-state index in [9.17, 15) is 13.2 Å². The molecule has 1 fully saturated rings. The summed E-state index contributed by atoms with van der Waals surface area (Å²) in [5.74, 6) is 1.22. The van der Waals surface area contributed by atoms with Gasteiger partial charge in [0, 0.05) is 17.5 Å². The van der Waals surface area contributed by atoms with Crippen molar-refractivity contribution in [2.24, 2.45) is 0 Å². The van der Waals surface area contributed by atoms with E-state index >= 15 is 0 Å². The number of benzene rings is 1. The third kappa shape index (κ3) is 3.85. The van der Waals surface area contributed by atoms with E-state index in [1.807, 2.05) is 0 Å². The van der Waals surface area contributed by atoms with Crippen LogP contribution >= 0.6 is 27.5 Å². The Bertz CT molecular complexity index is 658. The molecular formula is C12H8BrF3N2O2S. The van der Waals surface area contributed by atoms with Gasteiger partial charge in [-0.3, -0.25) is 0 Å². The van der Waals surface area contributed by atoms with Crippen LogP contribution in [0, 0.1) is 0 Å². The van der Waals surface area contributed by atoms with Gasteiger partial charge in [-0.15, -0.1) is 13.2 Å². The zero-order valence-corrected chi connectivity index (χ0v) is 12.8. The maximum atomic E-state index is 12.2. The lowest BCUT2D eigenvalue weighted by Crippen LogP contribution is -2.17. The number of hydrogen-bond donors (Lipinski definition) is 0. The molecule has 0 unspecified atom stereocenters. The van der Waals surface area contributed by atoms with Crippen LogP contribution in [0.15, 0.2) is 22.7 Å². The maximum Gasteiger partial charge on any atom is 0.573 e. The van der Waals surface area contributed by atoms with E-state index in [-0.39, 0.29) is 10.2 Å². The molecule has 1 aliphatic carbocycles. The first kappa shape index (κ1) is 14.6. The molecule has 112 valence electrons. The molecule has 21 heavy (non-hydrogen) atoms. The van der Waals surface area contributed by atoms with Gasteiger partial charge in [-0.25, -0.2) is 0 Å². The Labute approximate surface area is 130 Å². The molecule has 9 heteroatoms. The van der Waals surface area contributed by atoms with Gasteiger partial charge in [0.05, 0.1) is 4.47 Å². The Kier molecular flexibility index (Phi) is 3.78. The smallest absolute Gasteiger partial charge is 0.430 e. The molecule has 1 heterocycles. The van der Waals surface area contributed by atoms with Crippen LogP contribution in [0.25, 0.3) is 0 Å². The fourth-order valence-corrected chi connectivity index (χ4v) is 2.69. The summed E-state index contributed by atoms with van der Waals surface area (Å²) in [5.41, 5.74) is 0. The summed E-state index contributed by atoms with van der Waals surface area (Å²) >= 11 is 4.14. The average Bonchev–Trinajstić information content (AvgIpc) is 3.13.